The van der Waals surface area contributed by atoms with Gasteiger partial charge in [-0.05, 0) is 55.8 Å². The molecule has 4 rings (SSSR count). The van der Waals surface area contributed by atoms with Crippen LogP contribution in [0.3, 0.4) is 0 Å². The van der Waals surface area contributed by atoms with Gasteiger partial charge in [-0.2, -0.15) is 0 Å². The summed E-state index contributed by atoms with van der Waals surface area (Å²) in [7, 11) is 0. The third kappa shape index (κ3) is 4.84. The summed E-state index contributed by atoms with van der Waals surface area (Å²) in [4.78, 5) is 24.9. The predicted molar refractivity (Wildman–Crippen MR) is 117 cm³/mol. The lowest BCUT2D eigenvalue weighted by atomic mass is 10.2. The van der Waals surface area contributed by atoms with Crippen molar-refractivity contribution in [2.45, 2.75) is 13.8 Å². The molecule has 0 spiro atoms. The van der Waals surface area contributed by atoms with E-state index < -0.39 is 6.03 Å². The number of rotatable bonds is 5. The molecule has 156 valence electrons. The largest absolute Gasteiger partial charge is 0.340 e. The normalized spacial score (nSPS) is 10.5. The van der Waals surface area contributed by atoms with Crippen LogP contribution in [0, 0.1) is 19.7 Å². The van der Waals surface area contributed by atoms with E-state index in [1.54, 1.807) is 37.4 Å². The molecule has 0 atom stereocenters. The summed E-state index contributed by atoms with van der Waals surface area (Å²) < 4.78 is 15.5. The van der Waals surface area contributed by atoms with E-state index in [0.29, 0.717) is 28.6 Å². The van der Waals surface area contributed by atoms with Crippen molar-refractivity contribution >= 4 is 28.9 Å². The number of carbonyl (C=O) groups is 1. The van der Waals surface area contributed by atoms with Crippen molar-refractivity contribution in [3.63, 3.8) is 0 Å². The number of nitrogens with zero attached hydrogens (tertiary/aromatic N) is 4. The molecule has 2 amide bonds. The molecular formula is C22H20FN7O. The fourth-order valence-electron chi connectivity index (χ4n) is 2.92. The second-order valence-electron chi connectivity index (χ2n) is 6.85. The van der Waals surface area contributed by atoms with Crippen molar-refractivity contribution in [1.29, 1.82) is 0 Å². The summed E-state index contributed by atoms with van der Waals surface area (Å²) in [6.07, 6.45) is 5.02. The molecular weight excluding hydrogens is 397 g/mol. The number of halogens is 1. The molecule has 2 aromatic heterocycles. The van der Waals surface area contributed by atoms with Crippen molar-refractivity contribution in [2.75, 3.05) is 16.0 Å². The van der Waals surface area contributed by atoms with Gasteiger partial charge in [0.1, 0.15) is 29.6 Å². The molecule has 2 heterocycles. The number of amides is 2. The number of nitrogens with one attached hydrogen (secondary N) is 3. The number of hydrogen-bond acceptors (Lipinski definition) is 5. The smallest absolute Gasteiger partial charge is 0.323 e. The van der Waals surface area contributed by atoms with Crippen LogP contribution in [0.1, 0.15) is 11.4 Å². The molecule has 0 fully saturated rings. The number of aryl methyl sites for hydroxylation is 2. The quantitative estimate of drug-likeness (QED) is 0.433. The Hall–Kier alpha value is -4.27. The van der Waals surface area contributed by atoms with Gasteiger partial charge < -0.3 is 16.0 Å². The zero-order valence-electron chi connectivity index (χ0n) is 16.9. The summed E-state index contributed by atoms with van der Waals surface area (Å²) in [6.45, 7) is 3.56. The van der Waals surface area contributed by atoms with Crippen LogP contribution in [0.25, 0.3) is 5.82 Å². The molecule has 4 aromatic rings. The minimum Gasteiger partial charge on any atom is -0.340 e. The van der Waals surface area contributed by atoms with Crippen LogP contribution in [0.2, 0.25) is 0 Å². The monoisotopic (exact) mass is 417 g/mol. The van der Waals surface area contributed by atoms with E-state index in [9.17, 15) is 9.18 Å². The Labute approximate surface area is 178 Å². The summed E-state index contributed by atoms with van der Waals surface area (Å²) in [5.74, 6) is 1.78. The molecule has 0 unspecified atom stereocenters. The summed E-state index contributed by atoms with van der Waals surface area (Å²) >= 11 is 0. The molecule has 0 aliphatic carbocycles. The van der Waals surface area contributed by atoms with Crippen LogP contribution in [0.15, 0.2) is 67.3 Å². The average molecular weight is 417 g/mol. The first-order valence-electron chi connectivity index (χ1n) is 9.51. The molecule has 3 N–H and O–H groups in total. The Kier molecular flexibility index (Phi) is 5.57. The first-order chi connectivity index (χ1) is 15.0. The molecule has 8 nitrogen and oxygen atoms in total. The summed E-state index contributed by atoms with van der Waals surface area (Å²) in [5.41, 5.74) is 2.28. The van der Waals surface area contributed by atoms with Crippen molar-refractivity contribution in [3.05, 3.63) is 84.5 Å². The van der Waals surface area contributed by atoms with Gasteiger partial charge in [0.05, 0.1) is 0 Å². The Balaban J connectivity index is 1.39. The van der Waals surface area contributed by atoms with E-state index in [0.717, 1.165) is 11.5 Å². The maximum atomic E-state index is 13.6. The topological polar surface area (TPSA) is 96.8 Å². The van der Waals surface area contributed by atoms with Crippen LogP contribution in [0.5, 0.6) is 0 Å². The second-order valence-corrected chi connectivity index (χ2v) is 6.85. The highest BCUT2D eigenvalue weighted by Crippen LogP contribution is 2.20. The van der Waals surface area contributed by atoms with Crippen LogP contribution >= 0.6 is 0 Å². The molecule has 0 radical (unpaired) electrons. The number of imidazole rings is 1. The lowest BCUT2D eigenvalue weighted by Crippen LogP contribution is -2.19. The number of urea groups is 1. The van der Waals surface area contributed by atoms with E-state index in [1.807, 2.05) is 35.9 Å². The number of hydrogen-bond donors (Lipinski definition) is 3. The van der Waals surface area contributed by atoms with Gasteiger partial charge in [0.15, 0.2) is 0 Å². The number of carbonyl (C=O) groups excluding carboxylic acids is 1. The SMILES string of the molecule is Cc1ccc(NC(=O)Nc2ccc(Nc3cc(-n4ccnc4C)ncn3)cc2)cc1F. The highest BCUT2D eigenvalue weighted by molar-refractivity contribution is 5.99. The fourth-order valence-corrected chi connectivity index (χ4v) is 2.92. The predicted octanol–water partition coefficient (Wildman–Crippen LogP) is 4.81. The maximum Gasteiger partial charge on any atom is 0.323 e. The molecule has 0 aliphatic heterocycles. The Morgan fingerprint density at radius 2 is 1.61 bits per heavy atom. The molecule has 2 aromatic carbocycles. The van der Waals surface area contributed by atoms with Gasteiger partial charge in [-0.3, -0.25) is 4.57 Å². The number of anilines is 4. The van der Waals surface area contributed by atoms with Crippen LogP contribution < -0.4 is 16.0 Å². The van der Waals surface area contributed by atoms with Gasteiger partial charge >= 0.3 is 6.03 Å². The van der Waals surface area contributed by atoms with E-state index in [2.05, 4.69) is 30.9 Å². The van der Waals surface area contributed by atoms with Crippen LogP contribution in [-0.4, -0.2) is 25.6 Å². The fraction of sp³-hybridized carbons (Fsp3) is 0.0909. The van der Waals surface area contributed by atoms with E-state index >= 15 is 0 Å². The maximum absolute atomic E-state index is 13.6. The molecule has 0 saturated carbocycles. The Bertz CT molecular complexity index is 1220. The zero-order valence-corrected chi connectivity index (χ0v) is 16.9. The zero-order chi connectivity index (χ0) is 21.8. The standard InChI is InChI=1S/C22H20FN7O/c1-14-3-4-18(11-19(14)23)29-22(31)28-17-7-5-16(6-8-17)27-20-12-21(26-13-25-20)30-10-9-24-15(30)2/h3-13H,1-2H3,(H,25,26,27)(H2,28,29,31). The van der Waals surface area contributed by atoms with Crippen LogP contribution in [0.4, 0.5) is 32.1 Å². The lowest BCUT2D eigenvalue weighted by molar-refractivity contribution is 0.262. The highest BCUT2D eigenvalue weighted by atomic mass is 19.1. The Morgan fingerprint density at radius 3 is 2.32 bits per heavy atom. The van der Waals surface area contributed by atoms with Crippen molar-refractivity contribution in [3.8, 4) is 5.82 Å². The van der Waals surface area contributed by atoms with E-state index in [1.165, 1.54) is 12.4 Å². The van der Waals surface area contributed by atoms with Crippen molar-refractivity contribution in [2.24, 2.45) is 0 Å². The molecule has 0 aliphatic rings. The molecule has 0 bridgehead atoms. The van der Waals surface area contributed by atoms with Crippen LogP contribution in [-0.2, 0) is 0 Å². The van der Waals surface area contributed by atoms with Gasteiger partial charge in [0, 0.05) is 35.5 Å². The van der Waals surface area contributed by atoms with Gasteiger partial charge in [-0.15, -0.1) is 0 Å². The summed E-state index contributed by atoms with van der Waals surface area (Å²) in [6, 6.07) is 13.0. The Morgan fingerprint density at radius 1 is 0.903 bits per heavy atom. The third-order valence-corrected chi connectivity index (χ3v) is 4.57. The van der Waals surface area contributed by atoms with Gasteiger partial charge in [-0.1, -0.05) is 6.07 Å². The third-order valence-electron chi connectivity index (χ3n) is 4.57. The highest BCUT2D eigenvalue weighted by Gasteiger charge is 2.07. The van der Waals surface area contributed by atoms with Gasteiger partial charge in [0.2, 0.25) is 0 Å². The number of benzene rings is 2. The van der Waals surface area contributed by atoms with E-state index in [4.69, 9.17) is 0 Å². The average Bonchev–Trinajstić information content (AvgIpc) is 3.18. The molecule has 31 heavy (non-hydrogen) atoms. The van der Waals surface area contributed by atoms with Gasteiger partial charge in [0.25, 0.3) is 0 Å². The first kappa shape index (κ1) is 20.0. The second kappa shape index (κ2) is 8.62. The van der Waals surface area contributed by atoms with Gasteiger partial charge in [-0.25, -0.2) is 24.1 Å². The lowest BCUT2D eigenvalue weighted by Gasteiger charge is -2.10. The minimum atomic E-state index is -0.458. The number of aromatic nitrogens is 4. The molecule has 9 heteroatoms. The summed E-state index contributed by atoms with van der Waals surface area (Å²) in [5, 5.41) is 8.52. The first-order valence-corrected chi connectivity index (χ1v) is 9.51. The van der Waals surface area contributed by atoms with Crippen molar-refractivity contribution < 1.29 is 9.18 Å². The molecule has 0 saturated heterocycles. The van der Waals surface area contributed by atoms with E-state index in [-0.39, 0.29) is 5.82 Å². The van der Waals surface area contributed by atoms with Crippen molar-refractivity contribution in [1.82, 2.24) is 19.5 Å². The minimum absolute atomic E-state index is 0.371.